The van der Waals surface area contributed by atoms with Crippen molar-refractivity contribution in [3.63, 3.8) is 0 Å². The zero-order chi connectivity index (χ0) is 20.6. The summed E-state index contributed by atoms with van der Waals surface area (Å²) in [5.74, 6) is 0.771. The van der Waals surface area contributed by atoms with Gasteiger partial charge in [0.05, 0.1) is 21.3 Å². The van der Waals surface area contributed by atoms with Gasteiger partial charge in [-0.15, -0.1) is 0 Å². The number of rotatable bonds is 8. The van der Waals surface area contributed by atoms with Crippen molar-refractivity contribution in [3.8, 4) is 11.5 Å². The minimum Gasteiger partial charge on any atom is -0.496 e. The van der Waals surface area contributed by atoms with Gasteiger partial charge in [0.25, 0.3) is 0 Å². The molecule has 7 nitrogen and oxygen atoms in total. The summed E-state index contributed by atoms with van der Waals surface area (Å²) < 4.78 is 21.0. The Balaban J connectivity index is 3.13. The molecular weight excluding hydrogens is 350 g/mol. The number of methoxy groups -OCH3 is 3. The average Bonchev–Trinajstić information content (AvgIpc) is 2.59. The van der Waals surface area contributed by atoms with Gasteiger partial charge in [-0.25, -0.2) is 9.59 Å². The van der Waals surface area contributed by atoms with Gasteiger partial charge in [-0.3, -0.25) is 0 Å². The number of nitrogens with one attached hydrogen (secondary N) is 1. The predicted molar refractivity (Wildman–Crippen MR) is 102 cm³/mol. The zero-order valence-corrected chi connectivity index (χ0v) is 17.3. The van der Waals surface area contributed by atoms with E-state index >= 15 is 0 Å². The maximum Gasteiger partial charge on any atom is 0.408 e. The number of alkyl carbamates (subject to hydrolysis) is 1. The molecule has 1 atom stereocenters. The van der Waals surface area contributed by atoms with E-state index in [-0.39, 0.29) is 6.42 Å². The molecule has 7 heteroatoms. The quantitative estimate of drug-likeness (QED) is 0.696. The van der Waals surface area contributed by atoms with Crippen molar-refractivity contribution < 1.29 is 28.5 Å². The summed E-state index contributed by atoms with van der Waals surface area (Å²) in [5, 5.41) is 2.57. The number of carbonyl (C=O) groups is 2. The Morgan fingerprint density at radius 1 is 1.04 bits per heavy atom. The maximum atomic E-state index is 12.2. The van der Waals surface area contributed by atoms with Gasteiger partial charge in [0.2, 0.25) is 0 Å². The molecule has 0 aromatic heterocycles. The van der Waals surface area contributed by atoms with E-state index in [1.807, 2.05) is 12.1 Å². The Bertz CT molecular complexity index is 651. The van der Waals surface area contributed by atoms with Gasteiger partial charge < -0.3 is 24.3 Å². The van der Waals surface area contributed by atoms with Crippen LogP contribution in [0.5, 0.6) is 11.5 Å². The molecule has 0 aliphatic rings. The lowest BCUT2D eigenvalue weighted by Crippen LogP contribution is -2.45. The van der Waals surface area contributed by atoms with Crippen LogP contribution in [-0.4, -0.2) is 45.0 Å². The second kappa shape index (κ2) is 10.0. The van der Waals surface area contributed by atoms with Crippen LogP contribution in [0.2, 0.25) is 0 Å². The van der Waals surface area contributed by atoms with Crippen molar-refractivity contribution in [2.45, 2.75) is 58.6 Å². The van der Waals surface area contributed by atoms with Crippen LogP contribution in [0.3, 0.4) is 0 Å². The van der Waals surface area contributed by atoms with Crippen LogP contribution in [0.25, 0.3) is 0 Å². The first kappa shape index (κ1) is 22.6. The van der Waals surface area contributed by atoms with E-state index in [0.717, 1.165) is 24.0 Å². The first-order valence-electron chi connectivity index (χ1n) is 8.96. The van der Waals surface area contributed by atoms with Crippen LogP contribution in [0.1, 0.15) is 45.2 Å². The molecule has 0 radical (unpaired) electrons. The summed E-state index contributed by atoms with van der Waals surface area (Å²) in [5.41, 5.74) is 1.07. The van der Waals surface area contributed by atoms with Gasteiger partial charge in [-0.05, 0) is 44.9 Å². The lowest BCUT2D eigenvalue weighted by Gasteiger charge is -2.23. The number of amides is 1. The van der Waals surface area contributed by atoms with Crippen LogP contribution in [0.15, 0.2) is 12.1 Å². The Kier molecular flexibility index (Phi) is 8.40. The highest BCUT2D eigenvalue weighted by Gasteiger charge is 2.27. The number of aryl methyl sites for hydroxylation is 1. The van der Waals surface area contributed by atoms with E-state index in [1.54, 1.807) is 35.0 Å². The van der Waals surface area contributed by atoms with Gasteiger partial charge in [-0.2, -0.15) is 0 Å². The molecule has 0 heterocycles. The molecular formula is C20H31NO6. The largest absolute Gasteiger partial charge is 0.496 e. The average molecular weight is 381 g/mol. The van der Waals surface area contributed by atoms with E-state index in [9.17, 15) is 9.59 Å². The van der Waals surface area contributed by atoms with Crippen molar-refractivity contribution in [1.29, 1.82) is 0 Å². The molecule has 1 amide bonds. The smallest absolute Gasteiger partial charge is 0.408 e. The molecule has 0 aliphatic heterocycles. The summed E-state index contributed by atoms with van der Waals surface area (Å²) in [4.78, 5) is 24.3. The molecule has 0 fully saturated rings. The molecule has 1 aromatic rings. The van der Waals surface area contributed by atoms with Crippen LogP contribution in [-0.2, 0) is 27.1 Å². The third-order valence-corrected chi connectivity index (χ3v) is 3.80. The molecule has 1 rings (SSSR count). The summed E-state index contributed by atoms with van der Waals surface area (Å²) >= 11 is 0. The van der Waals surface area contributed by atoms with Crippen molar-refractivity contribution in [2.75, 3.05) is 21.3 Å². The fraction of sp³-hybridized carbons (Fsp3) is 0.600. The van der Waals surface area contributed by atoms with Gasteiger partial charge >= 0.3 is 12.1 Å². The topological polar surface area (TPSA) is 83.1 Å². The molecule has 1 aromatic carbocycles. The number of benzene rings is 1. The van der Waals surface area contributed by atoms with E-state index < -0.39 is 23.7 Å². The fourth-order valence-corrected chi connectivity index (χ4v) is 2.65. The van der Waals surface area contributed by atoms with Gasteiger partial charge in [0.1, 0.15) is 23.1 Å². The minimum absolute atomic E-state index is 0.178. The molecule has 0 saturated heterocycles. The molecule has 0 saturated carbocycles. The Labute approximate surface area is 161 Å². The lowest BCUT2D eigenvalue weighted by atomic mass is 10.00. The minimum atomic E-state index is -0.916. The highest BCUT2D eigenvalue weighted by molar-refractivity contribution is 5.81. The van der Waals surface area contributed by atoms with Crippen molar-refractivity contribution in [2.24, 2.45) is 0 Å². The number of hydrogen-bond donors (Lipinski definition) is 1. The third-order valence-electron chi connectivity index (χ3n) is 3.80. The molecule has 27 heavy (non-hydrogen) atoms. The summed E-state index contributed by atoms with van der Waals surface area (Å²) in [6.45, 7) is 7.33. The van der Waals surface area contributed by atoms with Crippen molar-refractivity contribution in [1.82, 2.24) is 5.32 Å². The first-order chi connectivity index (χ1) is 12.6. The second-order valence-electron chi connectivity index (χ2n) is 7.15. The van der Waals surface area contributed by atoms with Crippen LogP contribution < -0.4 is 14.8 Å². The van der Waals surface area contributed by atoms with Crippen LogP contribution >= 0.6 is 0 Å². The second-order valence-corrected chi connectivity index (χ2v) is 7.15. The molecule has 1 unspecified atom stereocenters. The van der Waals surface area contributed by atoms with Gasteiger partial charge in [0, 0.05) is 12.0 Å². The fourth-order valence-electron chi connectivity index (χ4n) is 2.65. The number of carbonyl (C=O) groups excluding carboxylic acids is 2. The molecule has 0 bridgehead atoms. The van der Waals surface area contributed by atoms with E-state index in [1.165, 1.54) is 7.11 Å². The maximum absolute atomic E-state index is 12.2. The van der Waals surface area contributed by atoms with Crippen molar-refractivity contribution in [3.05, 3.63) is 23.3 Å². The Morgan fingerprint density at radius 3 is 2.07 bits per heavy atom. The standard InChI is InChI=1S/C20H31NO6/c1-8-9-13-11-17(25-6)14(12-16(13)24-5)10-15(18(22)26-7)21-19(23)27-20(2,3)4/h11-12,15H,8-10H2,1-7H3,(H,21,23). The zero-order valence-electron chi connectivity index (χ0n) is 17.3. The Hall–Kier alpha value is -2.44. The van der Waals surface area contributed by atoms with Crippen LogP contribution in [0, 0.1) is 0 Å². The number of hydrogen-bond acceptors (Lipinski definition) is 6. The first-order valence-corrected chi connectivity index (χ1v) is 8.96. The summed E-state index contributed by atoms with van der Waals surface area (Å²) in [6.07, 6.45) is 1.30. The van der Waals surface area contributed by atoms with E-state index in [0.29, 0.717) is 11.5 Å². The highest BCUT2D eigenvalue weighted by Crippen LogP contribution is 2.31. The summed E-state index contributed by atoms with van der Waals surface area (Å²) in [6, 6.07) is 2.82. The SMILES string of the molecule is CCCc1cc(OC)c(CC(NC(=O)OC(C)(C)C)C(=O)OC)cc1OC. The highest BCUT2D eigenvalue weighted by atomic mass is 16.6. The number of esters is 1. The van der Waals surface area contributed by atoms with E-state index in [2.05, 4.69) is 12.2 Å². The van der Waals surface area contributed by atoms with Crippen LogP contribution in [0.4, 0.5) is 4.79 Å². The lowest BCUT2D eigenvalue weighted by molar-refractivity contribution is -0.143. The monoisotopic (exact) mass is 381 g/mol. The van der Waals surface area contributed by atoms with Crippen molar-refractivity contribution >= 4 is 12.1 Å². The van der Waals surface area contributed by atoms with E-state index in [4.69, 9.17) is 18.9 Å². The molecule has 0 spiro atoms. The molecule has 1 N–H and O–H groups in total. The third kappa shape index (κ3) is 7.00. The number of ether oxygens (including phenoxy) is 4. The predicted octanol–water partition coefficient (Wildman–Crippen LogP) is 3.27. The summed E-state index contributed by atoms with van der Waals surface area (Å²) in [7, 11) is 4.44. The normalized spacial score (nSPS) is 12.1. The van der Waals surface area contributed by atoms with Gasteiger partial charge in [-0.1, -0.05) is 13.3 Å². The van der Waals surface area contributed by atoms with Gasteiger partial charge in [0.15, 0.2) is 0 Å². The Morgan fingerprint density at radius 2 is 1.59 bits per heavy atom. The molecule has 152 valence electrons. The molecule has 0 aliphatic carbocycles.